The monoisotopic (exact) mass is 500 g/mol. The number of pyridine rings is 1. The van der Waals surface area contributed by atoms with Crippen LogP contribution in [0.15, 0.2) is 48.9 Å². The molecule has 0 atom stereocenters. The summed E-state index contributed by atoms with van der Waals surface area (Å²) in [5.74, 6) is 0.515. The zero-order valence-electron chi connectivity index (χ0n) is 17.7. The number of hydrogen-bond acceptors (Lipinski definition) is 6. The number of aryl methyl sites for hydroxylation is 1. The largest absolute Gasteiger partial charge is 0.439 e. The van der Waals surface area contributed by atoms with Gasteiger partial charge in [-0.05, 0) is 36.6 Å². The van der Waals surface area contributed by atoms with E-state index in [0.29, 0.717) is 30.5 Å². The van der Waals surface area contributed by atoms with Gasteiger partial charge in [-0.15, -0.1) is 0 Å². The van der Waals surface area contributed by atoms with Gasteiger partial charge in [-0.3, -0.25) is 4.31 Å². The summed E-state index contributed by atoms with van der Waals surface area (Å²) in [6.07, 6.45) is -0.535. The van der Waals surface area contributed by atoms with Crippen LogP contribution >= 0.6 is 11.6 Å². The van der Waals surface area contributed by atoms with Gasteiger partial charge in [-0.1, -0.05) is 30.7 Å². The minimum atomic E-state index is -4.47. The highest BCUT2D eigenvalue weighted by Crippen LogP contribution is 2.30. The van der Waals surface area contributed by atoms with Crippen LogP contribution in [0.2, 0.25) is 5.02 Å². The number of rotatable bonds is 8. The van der Waals surface area contributed by atoms with Gasteiger partial charge in [0.1, 0.15) is 17.1 Å². The van der Waals surface area contributed by atoms with E-state index >= 15 is 0 Å². The van der Waals surface area contributed by atoms with Gasteiger partial charge in [0.25, 0.3) is 0 Å². The normalized spacial score (nSPS) is 11.9. The lowest BCUT2D eigenvalue weighted by molar-refractivity contribution is -0.137. The summed E-state index contributed by atoms with van der Waals surface area (Å²) in [5, 5.41) is 0.193. The fourth-order valence-electron chi connectivity index (χ4n) is 2.93. The molecular formula is C21H20ClF3N4O3S. The van der Waals surface area contributed by atoms with E-state index in [9.17, 15) is 21.6 Å². The summed E-state index contributed by atoms with van der Waals surface area (Å²) in [4.78, 5) is 11.8. The Morgan fingerprint density at radius 3 is 2.30 bits per heavy atom. The molecule has 7 nitrogen and oxygen atoms in total. The Hall–Kier alpha value is -2.92. The average Bonchev–Trinajstić information content (AvgIpc) is 2.75. The number of ether oxygens (including phenoxy) is 1. The molecule has 176 valence electrons. The second kappa shape index (κ2) is 9.92. The number of anilines is 1. The third kappa shape index (κ3) is 6.32. The van der Waals surface area contributed by atoms with E-state index in [2.05, 4.69) is 15.0 Å². The molecule has 0 N–H and O–H groups in total. The van der Waals surface area contributed by atoms with Crippen LogP contribution in [0.25, 0.3) is 0 Å². The van der Waals surface area contributed by atoms with Gasteiger partial charge in [0.2, 0.25) is 15.9 Å². The molecule has 0 aliphatic rings. The van der Waals surface area contributed by atoms with Gasteiger partial charge in [-0.25, -0.2) is 23.4 Å². The second-order valence-corrected chi connectivity index (χ2v) is 9.31. The van der Waals surface area contributed by atoms with Crippen LogP contribution in [0.1, 0.15) is 23.7 Å². The molecule has 0 aliphatic heterocycles. The average molecular weight is 501 g/mol. The van der Waals surface area contributed by atoms with Crippen LogP contribution in [0, 0.1) is 0 Å². The molecule has 0 fully saturated rings. The molecule has 12 heteroatoms. The van der Waals surface area contributed by atoms with Gasteiger partial charge in [0.05, 0.1) is 17.5 Å². The van der Waals surface area contributed by atoms with E-state index in [1.807, 2.05) is 6.92 Å². The fourth-order valence-corrected chi connectivity index (χ4v) is 4.19. The molecule has 0 spiro atoms. The highest BCUT2D eigenvalue weighted by molar-refractivity contribution is 7.92. The standard InChI is InChI=1S/C21H20ClF3N4O3S/c1-3-17-19(22)20(28-13-27-17)29(33(2,30)31)11-10-14-4-7-16(8-5-14)32-18-9-6-15(12-26-18)21(23,24)25/h4-9,12-13H,3,10-11H2,1-2H3. The lowest BCUT2D eigenvalue weighted by Crippen LogP contribution is -2.33. The Labute approximate surface area is 194 Å². The maximum atomic E-state index is 12.6. The topological polar surface area (TPSA) is 85.3 Å². The molecule has 2 heterocycles. The molecule has 0 unspecified atom stereocenters. The molecule has 3 aromatic rings. The number of halogens is 4. The number of aromatic nitrogens is 3. The lowest BCUT2D eigenvalue weighted by atomic mass is 10.1. The second-order valence-electron chi connectivity index (χ2n) is 7.03. The van der Waals surface area contributed by atoms with Crippen molar-refractivity contribution in [1.29, 1.82) is 0 Å². The number of alkyl halides is 3. The van der Waals surface area contributed by atoms with Crippen LogP contribution in [-0.4, -0.2) is 36.2 Å². The summed E-state index contributed by atoms with van der Waals surface area (Å²) in [7, 11) is -3.65. The molecule has 33 heavy (non-hydrogen) atoms. The number of benzene rings is 1. The fraction of sp³-hybridized carbons (Fsp3) is 0.286. The first kappa shape index (κ1) is 24.7. The maximum Gasteiger partial charge on any atom is 0.417 e. The van der Waals surface area contributed by atoms with Crippen LogP contribution in [0.5, 0.6) is 11.6 Å². The summed E-state index contributed by atoms with van der Waals surface area (Å²) in [6, 6.07) is 8.70. The predicted molar refractivity (Wildman–Crippen MR) is 118 cm³/mol. The Morgan fingerprint density at radius 2 is 1.76 bits per heavy atom. The first-order valence-electron chi connectivity index (χ1n) is 9.76. The van der Waals surface area contributed by atoms with Crippen molar-refractivity contribution in [3.63, 3.8) is 0 Å². The van der Waals surface area contributed by atoms with E-state index in [-0.39, 0.29) is 23.3 Å². The molecular weight excluding hydrogens is 481 g/mol. The Kier molecular flexibility index (Phi) is 7.43. The van der Waals surface area contributed by atoms with Crippen LogP contribution < -0.4 is 9.04 Å². The summed E-state index contributed by atoms with van der Waals surface area (Å²) >= 11 is 6.31. The van der Waals surface area contributed by atoms with Gasteiger partial charge in [0, 0.05) is 18.8 Å². The molecule has 0 radical (unpaired) electrons. The Morgan fingerprint density at radius 1 is 1.06 bits per heavy atom. The third-order valence-corrected chi connectivity index (χ3v) is 6.17. The zero-order valence-corrected chi connectivity index (χ0v) is 19.2. The first-order valence-corrected chi connectivity index (χ1v) is 12.0. The summed E-state index contributed by atoms with van der Waals surface area (Å²) in [5.41, 5.74) is 0.487. The summed E-state index contributed by atoms with van der Waals surface area (Å²) < 4.78 is 69.2. The van der Waals surface area contributed by atoms with Crippen molar-refractivity contribution < 1.29 is 26.3 Å². The first-order chi connectivity index (χ1) is 15.5. The van der Waals surface area contributed by atoms with Crippen molar-refractivity contribution >= 4 is 27.4 Å². The number of nitrogens with zero attached hydrogens (tertiary/aromatic N) is 4. The molecule has 1 aromatic carbocycles. The molecule has 0 amide bonds. The van der Waals surface area contributed by atoms with Crippen molar-refractivity contribution in [2.45, 2.75) is 25.9 Å². The Balaban J connectivity index is 1.70. The van der Waals surface area contributed by atoms with E-state index in [1.165, 1.54) is 6.33 Å². The highest BCUT2D eigenvalue weighted by Gasteiger charge is 2.30. The van der Waals surface area contributed by atoms with Gasteiger partial charge in [-0.2, -0.15) is 13.2 Å². The quantitative estimate of drug-likeness (QED) is 0.437. The predicted octanol–water partition coefficient (Wildman–Crippen LogP) is 4.91. The van der Waals surface area contributed by atoms with Gasteiger partial charge in [0.15, 0.2) is 5.82 Å². The molecule has 3 rings (SSSR count). The minimum Gasteiger partial charge on any atom is -0.439 e. The molecule has 0 aliphatic carbocycles. The van der Waals surface area contributed by atoms with Gasteiger partial charge >= 0.3 is 6.18 Å². The Bertz CT molecular complexity index is 1200. The van der Waals surface area contributed by atoms with Crippen LogP contribution in [0.3, 0.4) is 0 Å². The van der Waals surface area contributed by atoms with Gasteiger partial charge < -0.3 is 4.74 Å². The molecule has 0 saturated heterocycles. The van der Waals surface area contributed by atoms with Crippen molar-refractivity contribution in [2.75, 3.05) is 17.1 Å². The maximum absolute atomic E-state index is 12.6. The van der Waals surface area contributed by atoms with E-state index < -0.39 is 21.8 Å². The highest BCUT2D eigenvalue weighted by atomic mass is 35.5. The zero-order chi connectivity index (χ0) is 24.2. The van der Waals surface area contributed by atoms with E-state index in [1.54, 1.807) is 24.3 Å². The van der Waals surface area contributed by atoms with E-state index in [0.717, 1.165) is 28.3 Å². The summed E-state index contributed by atoms with van der Waals surface area (Å²) in [6.45, 7) is 1.95. The van der Waals surface area contributed by atoms with Crippen molar-refractivity contribution in [2.24, 2.45) is 0 Å². The number of hydrogen-bond donors (Lipinski definition) is 0. The van der Waals surface area contributed by atoms with Crippen molar-refractivity contribution in [3.8, 4) is 11.6 Å². The van der Waals surface area contributed by atoms with Crippen LogP contribution in [0.4, 0.5) is 19.0 Å². The SMILES string of the molecule is CCc1ncnc(N(CCc2ccc(Oc3ccc(C(F)(F)F)cn3)cc2)S(C)(=O)=O)c1Cl. The van der Waals surface area contributed by atoms with Crippen LogP contribution in [-0.2, 0) is 29.0 Å². The minimum absolute atomic E-state index is 0.0177. The van der Waals surface area contributed by atoms with E-state index in [4.69, 9.17) is 16.3 Å². The third-order valence-electron chi connectivity index (χ3n) is 4.63. The van der Waals surface area contributed by atoms with Crippen molar-refractivity contribution in [1.82, 2.24) is 15.0 Å². The van der Waals surface area contributed by atoms with Crippen molar-refractivity contribution in [3.05, 3.63) is 70.8 Å². The number of sulfonamides is 1. The molecule has 0 bridgehead atoms. The molecule has 2 aromatic heterocycles. The molecule has 0 saturated carbocycles. The smallest absolute Gasteiger partial charge is 0.417 e. The lowest BCUT2D eigenvalue weighted by Gasteiger charge is -2.22.